The Morgan fingerprint density at radius 1 is 0.643 bits per heavy atom. The van der Waals surface area contributed by atoms with Crippen LogP contribution in [-0.2, 0) is 13.1 Å². The van der Waals surface area contributed by atoms with Crippen LogP contribution in [0.2, 0.25) is 0 Å². The summed E-state index contributed by atoms with van der Waals surface area (Å²) in [6.07, 6.45) is 0. The van der Waals surface area contributed by atoms with Crippen molar-refractivity contribution in [2.75, 3.05) is 53.4 Å². The van der Waals surface area contributed by atoms with Gasteiger partial charge >= 0.3 is 262 Å². The molecule has 0 aliphatic carbocycles. The molecule has 42 heavy (non-hydrogen) atoms. The molecular weight excluding hydrogens is 658 g/mol. The Morgan fingerprint density at radius 2 is 1.00 bits per heavy atom. The molecule has 0 saturated heterocycles. The molecule has 4 rings (SSSR count). The molecule has 0 saturated carbocycles. The molecule has 8 nitrogen and oxygen atoms in total. The van der Waals surface area contributed by atoms with Crippen LogP contribution < -0.4 is 19.8 Å². The number of para-hydroxylation sites is 2. The van der Waals surface area contributed by atoms with E-state index in [4.69, 9.17) is 0 Å². The van der Waals surface area contributed by atoms with E-state index >= 15 is 0 Å². The fraction of sp³-hybridized carbons (Fsp3) is 0.438. The number of rotatable bonds is 15. The Bertz CT molecular complexity index is 1410. The minimum absolute atomic E-state index is 0.0472. The van der Waals surface area contributed by atoms with Crippen molar-refractivity contribution in [3.63, 3.8) is 0 Å². The van der Waals surface area contributed by atoms with Crippen molar-refractivity contribution >= 4 is 69.1 Å². The number of benzene rings is 2. The molecule has 4 aromatic rings. The number of nitrogens with one attached hydrogen (secondary N) is 2. The summed E-state index contributed by atoms with van der Waals surface area (Å²) in [5, 5.41) is 7.81. The van der Waals surface area contributed by atoms with E-state index < -0.39 is 0 Å². The van der Waals surface area contributed by atoms with Crippen LogP contribution in [0.5, 0.6) is 0 Å². The fourth-order valence-corrected chi connectivity index (χ4v) is 13.7. The number of carbonyl (C=O) groups excluding carboxylic acids is 2. The molecule has 0 bridgehead atoms. The molecule has 0 atom stereocenters. The summed E-state index contributed by atoms with van der Waals surface area (Å²) in [5.41, 5.74) is 3.76. The number of hydrogen-bond acceptors (Lipinski definition) is 4. The van der Waals surface area contributed by atoms with Crippen LogP contribution in [0.15, 0.2) is 48.5 Å². The van der Waals surface area contributed by atoms with Gasteiger partial charge in [-0.05, 0) is 0 Å². The van der Waals surface area contributed by atoms with Gasteiger partial charge < -0.3 is 0 Å². The second-order valence-electron chi connectivity index (χ2n) is 10.1. The summed E-state index contributed by atoms with van der Waals surface area (Å²) in [5.74, 6) is -0.0943. The summed E-state index contributed by atoms with van der Waals surface area (Å²) >= 11 is -0.109. The number of likely N-dealkylation sites (N-methyl/N-ethyl adjacent to an activating group) is 2. The van der Waals surface area contributed by atoms with Crippen LogP contribution >= 0.6 is 0 Å². The van der Waals surface area contributed by atoms with Gasteiger partial charge in [0.15, 0.2) is 0 Å². The molecule has 2 aromatic carbocycles. The van der Waals surface area contributed by atoms with Gasteiger partial charge in [-0.25, -0.2) is 0 Å². The molecule has 0 radical (unpaired) electrons. The van der Waals surface area contributed by atoms with Crippen molar-refractivity contribution in [2.24, 2.45) is 0 Å². The number of carbonyl (C=O) groups is 2. The van der Waals surface area contributed by atoms with Crippen molar-refractivity contribution in [1.29, 1.82) is 0 Å². The Balaban J connectivity index is 1.85. The van der Waals surface area contributed by atoms with Crippen LogP contribution in [0.1, 0.15) is 48.4 Å². The second kappa shape index (κ2) is 15.2. The van der Waals surface area contributed by atoms with E-state index in [-0.39, 0.29) is 38.1 Å². The van der Waals surface area contributed by atoms with E-state index in [0.29, 0.717) is 0 Å². The molecule has 2 N–H and O–H groups in total. The molecule has 0 aliphatic rings. The summed E-state index contributed by atoms with van der Waals surface area (Å²) in [6, 6.07) is 16.5. The predicted molar refractivity (Wildman–Crippen MR) is 177 cm³/mol. The molecule has 2 amide bonds. The molecule has 10 heteroatoms. The molecule has 2 aromatic heterocycles. The first-order chi connectivity index (χ1) is 20.4. The third-order valence-corrected chi connectivity index (χ3v) is 15.0. The molecule has 226 valence electrons. The van der Waals surface area contributed by atoms with Crippen molar-refractivity contribution < 1.29 is 9.59 Å². The molecule has 2 heterocycles. The minimum atomic E-state index is -0.0543. The SMILES string of the molecule is CCN(CC)CCn1c([Se][Se]c2c(C(=O)NC)c3ccccc3n2CCN(CC)CC)c(C(=O)NC)c2ccccc21. The standard InChI is InChI=1S/C32H44N6O2Se2/c1-7-35(8-2)19-21-37-25-17-13-11-15-23(25)27(29(39)33-5)31(37)41-42-32-28(30(40)34-6)24-16-12-14-18-26(24)38(32)22-20-36(9-3)10-4/h11-18H,7-10,19-22H2,1-6H3,(H,33,39)(H,34,40). The van der Waals surface area contributed by atoms with Crippen molar-refractivity contribution in [2.45, 2.75) is 40.8 Å². The molecule has 0 spiro atoms. The van der Waals surface area contributed by atoms with Crippen molar-refractivity contribution in [3.8, 4) is 0 Å². The van der Waals surface area contributed by atoms with E-state index in [9.17, 15) is 9.59 Å². The first-order valence-electron chi connectivity index (χ1n) is 14.9. The topological polar surface area (TPSA) is 74.5 Å². The van der Waals surface area contributed by atoms with Crippen LogP contribution in [0.4, 0.5) is 0 Å². The Kier molecular flexibility index (Phi) is 11.7. The average molecular weight is 703 g/mol. The van der Waals surface area contributed by atoms with Gasteiger partial charge in [0, 0.05) is 0 Å². The van der Waals surface area contributed by atoms with Gasteiger partial charge in [0.25, 0.3) is 0 Å². The summed E-state index contributed by atoms with van der Waals surface area (Å²) in [6.45, 7) is 16.2. The Morgan fingerprint density at radius 3 is 1.33 bits per heavy atom. The van der Waals surface area contributed by atoms with Crippen LogP contribution in [0, 0.1) is 0 Å². The van der Waals surface area contributed by atoms with E-state index in [1.165, 1.54) is 0 Å². The number of fused-ring (bicyclic) bond motifs is 2. The summed E-state index contributed by atoms with van der Waals surface area (Å²) < 4.78 is 6.97. The quantitative estimate of drug-likeness (QED) is 0.187. The van der Waals surface area contributed by atoms with Gasteiger partial charge in [-0.3, -0.25) is 0 Å². The van der Waals surface area contributed by atoms with E-state index in [2.05, 4.69) is 93.7 Å². The molecule has 0 unspecified atom stereocenters. The van der Waals surface area contributed by atoms with Gasteiger partial charge in [-0.15, -0.1) is 0 Å². The number of amides is 2. The number of nitrogens with zero attached hydrogens (tertiary/aromatic N) is 4. The number of aromatic nitrogens is 2. The van der Waals surface area contributed by atoms with Crippen LogP contribution in [0.25, 0.3) is 21.8 Å². The van der Waals surface area contributed by atoms with Crippen LogP contribution in [0.3, 0.4) is 0 Å². The zero-order valence-corrected chi connectivity index (χ0v) is 29.1. The molecule has 0 fully saturated rings. The first kappa shape index (κ1) is 32.3. The fourth-order valence-electron chi connectivity index (χ4n) is 5.51. The van der Waals surface area contributed by atoms with Gasteiger partial charge in [0.1, 0.15) is 0 Å². The van der Waals surface area contributed by atoms with E-state index in [1.54, 1.807) is 14.1 Å². The second-order valence-corrected chi connectivity index (χ2v) is 16.0. The normalized spacial score (nSPS) is 11.7. The zero-order chi connectivity index (χ0) is 30.2. The zero-order valence-electron chi connectivity index (χ0n) is 25.7. The molecule has 0 aliphatic heterocycles. The summed E-state index contributed by atoms with van der Waals surface area (Å²) in [4.78, 5) is 31.7. The maximum atomic E-state index is 13.4. The number of hydrogen-bond donors (Lipinski definition) is 2. The molecular formula is C32H44N6O2Se2. The third-order valence-electron chi connectivity index (χ3n) is 8.02. The first-order valence-corrected chi connectivity index (χ1v) is 20.9. The van der Waals surface area contributed by atoms with Crippen molar-refractivity contribution in [3.05, 3.63) is 59.7 Å². The van der Waals surface area contributed by atoms with Gasteiger partial charge in [-0.2, -0.15) is 0 Å². The third kappa shape index (κ3) is 6.65. The van der Waals surface area contributed by atoms with Gasteiger partial charge in [-0.1, -0.05) is 0 Å². The maximum absolute atomic E-state index is 13.4. The van der Waals surface area contributed by atoms with E-state index in [1.807, 2.05) is 12.1 Å². The monoisotopic (exact) mass is 704 g/mol. The predicted octanol–water partition coefficient (Wildman–Crippen LogP) is 2.27. The van der Waals surface area contributed by atoms with Gasteiger partial charge in [0.2, 0.25) is 0 Å². The van der Waals surface area contributed by atoms with Crippen molar-refractivity contribution in [1.82, 2.24) is 29.6 Å². The average Bonchev–Trinajstić information content (AvgIpc) is 3.52. The Labute approximate surface area is 261 Å². The Hall–Kier alpha value is -2.58. The van der Waals surface area contributed by atoms with Crippen LogP contribution in [-0.4, -0.2) is 110 Å². The van der Waals surface area contributed by atoms with E-state index in [0.717, 1.165) is 94.5 Å². The van der Waals surface area contributed by atoms with Gasteiger partial charge in [0.05, 0.1) is 0 Å². The summed E-state index contributed by atoms with van der Waals surface area (Å²) in [7, 11) is 3.42.